The minimum atomic E-state index is -3.47. The Bertz CT molecular complexity index is 977. The van der Waals surface area contributed by atoms with Gasteiger partial charge >= 0.3 is 5.97 Å². The third kappa shape index (κ3) is 3.97. The van der Waals surface area contributed by atoms with Crippen molar-refractivity contribution in [3.8, 4) is 11.3 Å². The number of aromatic nitrogens is 3. The van der Waals surface area contributed by atoms with E-state index in [0.717, 1.165) is 5.69 Å². The van der Waals surface area contributed by atoms with Crippen LogP contribution in [0.3, 0.4) is 0 Å². The highest BCUT2D eigenvalue weighted by molar-refractivity contribution is 7.86. The monoisotopic (exact) mass is 391 g/mol. The second-order valence-corrected chi connectivity index (χ2v) is 8.80. The van der Waals surface area contributed by atoms with Crippen LogP contribution in [0.25, 0.3) is 11.3 Å². The lowest BCUT2D eigenvalue weighted by Gasteiger charge is -2.20. The summed E-state index contributed by atoms with van der Waals surface area (Å²) in [6, 6.07) is 3.27. The van der Waals surface area contributed by atoms with Gasteiger partial charge in [0.2, 0.25) is 0 Å². The lowest BCUT2D eigenvalue weighted by atomic mass is 10.1. The van der Waals surface area contributed by atoms with Crippen molar-refractivity contribution in [2.75, 3.05) is 27.2 Å². The average molecular weight is 391 g/mol. The quantitative estimate of drug-likeness (QED) is 0.812. The van der Waals surface area contributed by atoms with E-state index in [1.54, 1.807) is 12.3 Å². The molecule has 1 aliphatic heterocycles. The van der Waals surface area contributed by atoms with Crippen molar-refractivity contribution in [3.05, 3.63) is 41.6 Å². The van der Waals surface area contributed by atoms with Gasteiger partial charge in [0.25, 0.3) is 10.2 Å². The summed E-state index contributed by atoms with van der Waals surface area (Å²) in [6.45, 7) is 2.55. The summed E-state index contributed by atoms with van der Waals surface area (Å²) in [4.78, 5) is 24.2. The summed E-state index contributed by atoms with van der Waals surface area (Å²) >= 11 is 0. The Kier molecular flexibility index (Phi) is 5.22. The smallest absolute Gasteiger partial charge is 0.337 e. The Balaban J connectivity index is 1.91. The molecule has 0 radical (unpaired) electrons. The van der Waals surface area contributed by atoms with E-state index >= 15 is 0 Å². The van der Waals surface area contributed by atoms with Crippen LogP contribution in [0.1, 0.15) is 34.2 Å². The molecule has 3 rings (SSSR count). The highest BCUT2D eigenvalue weighted by atomic mass is 32.2. The van der Waals surface area contributed by atoms with Gasteiger partial charge in [0.1, 0.15) is 5.82 Å². The van der Waals surface area contributed by atoms with Crippen LogP contribution in [0, 0.1) is 6.92 Å². The van der Waals surface area contributed by atoms with E-state index in [1.807, 2.05) is 6.92 Å². The van der Waals surface area contributed by atoms with Crippen LogP contribution in [-0.2, 0) is 10.2 Å². The summed E-state index contributed by atoms with van der Waals surface area (Å²) in [5, 5.41) is 9.15. The number of aryl methyl sites for hydroxylation is 1. The molecule has 144 valence electrons. The zero-order chi connectivity index (χ0) is 19.8. The van der Waals surface area contributed by atoms with Crippen molar-refractivity contribution in [2.45, 2.75) is 19.3 Å². The first-order chi connectivity index (χ1) is 12.7. The molecule has 1 fully saturated rings. The molecule has 1 aliphatic rings. The van der Waals surface area contributed by atoms with Crippen LogP contribution >= 0.6 is 0 Å². The van der Waals surface area contributed by atoms with Gasteiger partial charge < -0.3 is 5.11 Å². The van der Waals surface area contributed by atoms with Gasteiger partial charge in [-0.3, -0.25) is 4.98 Å². The Hall–Kier alpha value is -2.43. The molecule has 2 aromatic heterocycles. The standard InChI is InChI=1S/C17H21N5O4S/c1-11-6-15(13-7-14(17(23)24)9-18-8-13)20-16(19-11)12-4-5-22(10-12)27(25,26)21(2)3/h6-9,12H,4-5,10H2,1-3H3,(H,23,24). The number of pyridine rings is 1. The maximum atomic E-state index is 12.3. The van der Waals surface area contributed by atoms with Crippen LogP contribution in [0.15, 0.2) is 24.5 Å². The topological polar surface area (TPSA) is 117 Å². The van der Waals surface area contributed by atoms with Gasteiger partial charge in [-0.2, -0.15) is 17.0 Å². The van der Waals surface area contributed by atoms with Gasteiger partial charge in [-0.1, -0.05) is 0 Å². The molecule has 0 amide bonds. The summed E-state index contributed by atoms with van der Waals surface area (Å²) in [7, 11) is -0.457. The first kappa shape index (κ1) is 19.3. The Morgan fingerprint density at radius 2 is 2.00 bits per heavy atom. The van der Waals surface area contributed by atoms with Gasteiger partial charge in [-0.05, 0) is 25.5 Å². The van der Waals surface area contributed by atoms with E-state index in [0.29, 0.717) is 36.6 Å². The molecule has 1 N–H and O–H groups in total. The lowest BCUT2D eigenvalue weighted by molar-refractivity contribution is 0.0696. The molecule has 0 spiro atoms. The Morgan fingerprint density at radius 1 is 1.26 bits per heavy atom. The molecule has 9 nitrogen and oxygen atoms in total. The molecular formula is C17H21N5O4S. The van der Waals surface area contributed by atoms with Crippen LogP contribution in [0.5, 0.6) is 0 Å². The maximum absolute atomic E-state index is 12.3. The van der Waals surface area contributed by atoms with Crippen molar-refractivity contribution in [1.29, 1.82) is 0 Å². The number of rotatable bonds is 5. The van der Waals surface area contributed by atoms with Gasteiger partial charge in [0.15, 0.2) is 0 Å². The number of aromatic carboxylic acids is 1. The van der Waals surface area contributed by atoms with Crippen LogP contribution in [0.2, 0.25) is 0 Å². The van der Waals surface area contributed by atoms with E-state index in [9.17, 15) is 13.2 Å². The van der Waals surface area contributed by atoms with Crippen molar-refractivity contribution in [1.82, 2.24) is 23.6 Å². The number of hydrogen-bond donors (Lipinski definition) is 1. The zero-order valence-corrected chi connectivity index (χ0v) is 16.1. The van der Waals surface area contributed by atoms with Gasteiger partial charge in [-0.15, -0.1) is 0 Å². The number of carboxylic acid groups (broad SMARTS) is 1. The van der Waals surface area contributed by atoms with E-state index in [4.69, 9.17) is 5.11 Å². The molecule has 10 heteroatoms. The summed E-state index contributed by atoms with van der Waals surface area (Å²) < 4.78 is 27.2. The molecule has 1 saturated heterocycles. The van der Waals surface area contributed by atoms with Crippen molar-refractivity contribution in [3.63, 3.8) is 0 Å². The molecule has 1 atom stereocenters. The molecular weight excluding hydrogens is 370 g/mol. The second kappa shape index (κ2) is 7.29. The van der Waals surface area contributed by atoms with Gasteiger partial charge in [0, 0.05) is 56.8 Å². The highest BCUT2D eigenvalue weighted by Crippen LogP contribution is 2.29. The molecule has 0 bridgehead atoms. The van der Waals surface area contributed by atoms with E-state index in [2.05, 4.69) is 15.0 Å². The first-order valence-electron chi connectivity index (χ1n) is 8.40. The number of hydrogen-bond acceptors (Lipinski definition) is 6. The van der Waals surface area contributed by atoms with Crippen molar-refractivity contribution in [2.24, 2.45) is 0 Å². The van der Waals surface area contributed by atoms with E-state index in [1.165, 1.54) is 35.0 Å². The van der Waals surface area contributed by atoms with Crippen molar-refractivity contribution >= 4 is 16.2 Å². The van der Waals surface area contributed by atoms with Crippen LogP contribution < -0.4 is 0 Å². The fraction of sp³-hybridized carbons (Fsp3) is 0.412. The normalized spacial score (nSPS) is 18.1. The SMILES string of the molecule is Cc1cc(-c2cncc(C(=O)O)c2)nc(C2CCN(S(=O)(=O)N(C)C)C2)n1. The number of carbonyl (C=O) groups is 1. The third-order valence-electron chi connectivity index (χ3n) is 4.46. The van der Waals surface area contributed by atoms with E-state index < -0.39 is 16.2 Å². The highest BCUT2D eigenvalue weighted by Gasteiger charge is 2.34. The predicted octanol–water partition coefficient (Wildman–Crippen LogP) is 1.14. The van der Waals surface area contributed by atoms with Gasteiger partial charge in [-0.25, -0.2) is 14.8 Å². The summed E-state index contributed by atoms with van der Waals surface area (Å²) in [5.74, 6) is -0.619. The zero-order valence-electron chi connectivity index (χ0n) is 15.3. The Labute approximate surface area is 157 Å². The molecule has 0 aliphatic carbocycles. The molecule has 2 aromatic rings. The Morgan fingerprint density at radius 3 is 2.67 bits per heavy atom. The number of carboxylic acids is 1. The fourth-order valence-electron chi connectivity index (χ4n) is 3.00. The second-order valence-electron chi connectivity index (χ2n) is 6.65. The largest absolute Gasteiger partial charge is 0.478 e. The van der Waals surface area contributed by atoms with Gasteiger partial charge in [0.05, 0.1) is 11.3 Å². The van der Waals surface area contributed by atoms with Crippen LogP contribution in [-0.4, -0.2) is 70.2 Å². The molecule has 0 aromatic carbocycles. The molecule has 0 saturated carbocycles. The average Bonchev–Trinajstić information content (AvgIpc) is 3.12. The maximum Gasteiger partial charge on any atom is 0.337 e. The number of nitrogens with zero attached hydrogens (tertiary/aromatic N) is 5. The third-order valence-corrected chi connectivity index (χ3v) is 6.36. The van der Waals surface area contributed by atoms with Crippen molar-refractivity contribution < 1.29 is 18.3 Å². The fourth-order valence-corrected chi connectivity index (χ4v) is 4.16. The summed E-state index contributed by atoms with van der Waals surface area (Å²) in [5.41, 5.74) is 1.96. The van der Waals surface area contributed by atoms with Crippen LogP contribution in [0.4, 0.5) is 0 Å². The first-order valence-corrected chi connectivity index (χ1v) is 9.80. The molecule has 27 heavy (non-hydrogen) atoms. The molecule has 3 heterocycles. The predicted molar refractivity (Wildman–Crippen MR) is 98.5 cm³/mol. The summed E-state index contributed by atoms with van der Waals surface area (Å²) in [6.07, 6.45) is 3.46. The molecule has 1 unspecified atom stereocenters. The lowest BCUT2D eigenvalue weighted by Crippen LogP contribution is -2.38. The van der Waals surface area contributed by atoms with E-state index in [-0.39, 0.29) is 11.5 Å². The minimum Gasteiger partial charge on any atom is -0.478 e. The minimum absolute atomic E-state index is 0.0782.